The molecule has 0 amide bonds. The highest BCUT2D eigenvalue weighted by atomic mass is 32.1. The van der Waals surface area contributed by atoms with E-state index < -0.39 is 23.2 Å². The van der Waals surface area contributed by atoms with Crippen molar-refractivity contribution in [1.29, 1.82) is 0 Å². The summed E-state index contributed by atoms with van der Waals surface area (Å²) in [4.78, 5) is 12.6. The van der Waals surface area contributed by atoms with Crippen LogP contribution in [0, 0.1) is 0 Å². The van der Waals surface area contributed by atoms with Gasteiger partial charge in [0.05, 0.1) is 32.1 Å². The minimum absolute atomic E-state index is 0.107. The Labute approximate surface area is 173 Å². The van der Waals surface area contributed by atoms with Crippen LogP contribution < -0.4 is 20.1 Å². The quantitative estimate of drug-likeness (QED) is 0.520. The second-order valence-electron chi connectivity index (χ2n) is 8.17. The zero-order valence-corrected chi connectivity index (χ0v) is 18.8. The number of ether oxygens (including phenoxy) is 4. The van der Waals surface area contributed by atoms with Crippen LogP contribution in [0.3, 0.4) is 0 Å². The summed E-state index contributed by atoms with van der Waals surface area (Å²) < 4.78 is 21.8. The maximum Gasteiger partial charge on any atom is 0.331 e. The van der Waals surface area contributed by atoms with E-state index in [4.69, 9.17) is 31.2 Å². The van der Waals surface area contributed by atoms with E-state index in [9.17, 15) is 4.79 Å². The lowest BCUT2D eigenvalue weighted by Crippen LogP contribution is -2.49. The molecule has 0 aromatic heterocycles. The van der Waals surface area contributed by atoms with Crippen LogP contribution in [0.5, 0.6) is 11.5 Å². The van der Waals surface area contributed by atoms with Gasteiger partial charge in [-0.3, -0.25) is 0 Å². The van der Waals surface area contributed by atoms with Crippen molar-refractivity contribution in [2.75, 3.05) is 26.1 Å². The average Bonchev–Trinajstić information content (AvgIpc) is 2.56. The summed E-state index contributed by atoms with van der Waals surface area (Å²) in [5, 5.41) is 6.24. The van der Waals surface area contributed by atoms with E-state index in [0.29, 0.717) is 17.2 Å². The fourth-order valence-electron chi connectivity index (χ4n) is 2.10. The van der Waals surface area contributed by atoms with Crippen molar-refractivity contribution in [2.45, 2.75) is 58.8 Å². The van der Waals surface area contributed by atoms with Gasteiger partial charge in [-0.2, -0.15) is 0 Å². The van der Waals surface area contributed by atoms with Gasteiger partial charge in [0.1, 0.15) is 23.1 Å². The van der Waals surface area contributed by atoms with E-state index in [2.05, 4.69) is 10.6 Å². The van der Waals surface area contributed by atoms with Crippen LogP contribution in [0.25, 0.3) is 0 Å². The molecule has 28 heavy (non-hydrogen) atoms. The maximum atomic E-state index is 12.6. The zero-order chi connectivity index (χ0) is 21.5. The molecule has 8 heteroatoms. The molecular formula is C20H32N2O5S. The van der Waals surface area contributed by atoms with Gasteiger partial charge < -0.3 is 29.6 Å². The Hall–Kier alpha value is -2.06. The van der Waals surface area contributed by atoms with E-state index >= 15 is 0 Å². The topological polar surface area (TPSA) is 78.0 Å². The predicted molar refractivity (Wildman–Crippen MR) is 114 cm³/mol. The first kappa shape index (κ1) is 24.0. The molecule has 1 aromatic rings. The van der Waals surface area contributed by atoms with Gasteiger partial charge >= 0.3 is 5.97 Å². The summed E-state index contributed by atoms with van der Waals surface area (Å²) in [5.41, 5.74) is -0.421. The van der Waals surface area contributed by atoms with Crippen molar-refractivity contribution >= 4 is 29.0 Å². The number of methoxy groups -OCH3 is 2. The lowest BCUT2D eigenvalue weighted by molar-refractivity contribution is -0.159. The molecule has 0 radical (unpaired) electrons. The largest absolute Gasteiger partial charge is 0.497 e. The Morgan fingerprint density at radius 1 is 1.07 bits per heavy atom. The number of rotatable bonds is 7. The minimum Gasteiger partial charge on any atom is -0.497 e. The van der Waals surface area contributed by atoms with Crippen molar-refractivity contribution in [3.8, 4) is 11.5 Å². The predicted octanol–water partition coefficient (Wildman–Crippen LogP) is 3.52. The Balaban J connectivity index is 2.92. The molecule has 0 aliphatic heterocycles. The standard InChI is InChI=1S/C20H32N2O5S/c1-19(2,3)26-12-15(17(23)27-20(4,5)6)22-18(28)21-14-11-13(24-7)9-10-16(14)25-8/h9-11,15H,12H2,1-8H3,(H2,21,22,28). The normalized spacial score (nSPS) is 12.7. The van der Waals surface area contributed by atoms with Crippen LogP contribution in [0.15, 0.2) is 18.2 Å². The van der Waals surface area contributed by atoms with Gasteiger partial charge in [0.15, 0.2) is 5.11 Å². The monoisotopic (exact) mass is 412 g/mol. The highest BCUT2D eigenvalue weighted by Crippen LogP contribution is 2.28. The van der Waals surface area contributed by atoms with Gasteiger partial charge in [0.25, 0.3) is 0 Å². The maximum absolute atomic E-state index is 12.6. The molecule has 1 aromatic carbocycles. The number of carbonyl (C=O) groups is 1. The summed E-state index contributed by atoms with van der Waals surface area (Å²) in [6, 6.07) is 4.52. The number of carbonyl (C=O) groups excluding carboxylic acids is 1. The van der Waals surface area contributed by atoms with Crippen molar-refractivity contribution in [3.63, 3.8) is 0 Å². The van der Waals surface area contributed by atoms with Crippen molar-refractivity contribution in [3.05, 3.63) is 18.2 Å². The van der Waals surface area contributed by atoms with Gasteiger partial charge in [0, 0.05) is 6.07 Å². The number of anilines is 1. The molecule has 0 fully saturated rings. The molecule has 0 bridgehead atoms. The SMILES string of the molecule is COc1ccc(OC)c(NC(=S)NC(COC(C)(C)C)C(=O)OC(C)(C)C)c1. The summed E-state index contributed by atoms with van der Waals surface area (Å²) in [5.74, 6) is 0.786. The first-order valence-corrected chi connectivity index (χ1v) is 9.42. The molecule has 0 saturated heterocycles. The van der Waals surface area contributed by atoms with E-state index in [0.717, 1.165) is 0 Å². The minimum atomic E-state index is -0.768. The fraction of sp³-hybridized carbons (Fsp3) is 0.600. The molecule has 2 N–H and O–H groups in total. The van der Waals surface area contributed by atoms with Crippen LogP contribution in [0.1, 0.15) is 41.5 Å². The van der Waals surface area contributed by atoms with Crippen LogP contribution >= 0.6 is 12.2 Å². The summed E-state index contributed by atoms with van der Waals surface area (Å²) in [7, 11) is 3.13. The first-order chi connectivity index (χ1) is 12.8. The van der Waals surface area contributed by atoms with Crippen LogP contribution in [-0.4, -0.2) is 49.2 Å². The molecule has 0 aliphatic carbocycles. The second kappa shape index (κ2) is 9.93. The van der Waals surface area contributed by atoms with Gasteiger partial charge in [-0.05, 0) is 65.9 Å². The third kappa shape index (κ3) is 8.75. The van der Waals surface area contributed by atoms with Crippen LogP contribution in [0.4, 0.5) is 5.69 Å². The van der Waals surface area contributed by atoms with E-state index in [1.165, 1.54) is 0 Å². The van der Waals surface area contributed by atoms with Gasteiger partial charge in [-0.25, -0.2) is 4.79 Å². The van der Waals surface area contributed by atoms with Gasteiger partial charge in [-0.1, -0.05) is 0 Å². The van der Waals surface area contributed by atoms with Gasteiger partial charge in [-0.15, -0.1) is 0 Å². The Bertz CT molecular complexity index is 680. The number of benzene rings is 1. The third-order valence-corrected chi connectivity index (χ3v) is 3.55. The number of esters is 1. The van der Waals surface area contributed by atoms with Crippen molar-refractivity contribution < 1.29 is 23.7 Å². The molecule has 7 nitrogen and oxygen atoms in total. The Morgan fingerprint density at radius 2 is 1.71 bits per heavy atom. The summed E-state index contributed by atoms with van der Waals surface area (Å²) >= 11 is 5.39. The molecule has 158 valence electrons. The Morgan fingerprint density at radius 3 is 2.21 bits per heavy atom. The highest BCUT2D eigenvalue weighted by Gasteiger charge is 2.28. The molecule has 0 aliphatic rings. The lowest BCUT2D eigenvalue weighted by Gasteiger charge is -2.28. The van der Waals surface area contributed by atoms with E-state index in [-0.39, 0.29) is 11.7 Å². The van der Waals surface area contributed by atoms with E-state index in [1.54, 1.807) is 32.4 Å². The van der Waals surface area contributed by atoms with Crippen LogP contribution in [-0.2, 0) is 14.3 Å². The molecular weight excluding hydrogens is 380 g/mol. The molecule has 1 atom stereocenters. The average molecular weight is 413 g/mol. The third-order valence-electron chi connectivity index (χ3n) is 3.33. The Kier molecular flexibility index (Phi) is 8.50. The molecule has 1 unspecified atom stereocenters. The van der Waals surface area contributed by atoms with E-state index in [1.807, 2.05) is 41.5 Å². The smallest absolute Gasteiger partial charge is 0.331 e. The van der Waals surface area contributed by atoms with Crippen LogP contribution in [0.2, 0.25) is 0 Å². The molecule has 0 saturated carbocycles. The number of nitrogens with one attached hydrogen (secondary N) is 2. The first-order valence-electron chi connectivity index (χ1n) is 9.01. The second-order valence-corrected chi connectivity index (χ2v) is 8.58. The fourth-order valence-corrected chi connectivity index (χ4v) is 2.36. The molecule has 0 heterocycles. The van der Waals surface area contributed by atoms with Crippen molar-refractivity contribution in [1.82, 2.24) is 5.32 Å². The summed E-state index contributed by atoms with van der Waals surface area (Å²) in [6.45, 7) is 11.3. The summed E-state index contributed by atoms with van der Waals surface area (Å²) in [6.07, 6.45) is 0. The van der Waals surface area contributed by atoms with Gasteiger partial charge in [0.2, 0.25) is 0 Å². The highest BCUT2D eigenvalue weighted by molar-refractivity contribution is 7.80. The number of thiocarbonyl (C=S) groups is 1. The van der Waals surface area contributed by atoms with Crippen molar-refractivity contribution in [2.24, 2.45) is 0 Å². The lowest BCUT2D eigenvalue weighted by atomic mass is 10.1. The number of hydrogen-bond acceptors (Lipinski definition) is 6. The molecule has 0 spiro atoms. The zero-order valence-electron chi connectivity index (χ0n) is 18.0. The number of hydrogen-bond donors (Lipinski definition) is 2. The molecule has 1 rings (SSSR count).